The molecular formula is C22H20BrN5O7S. The second-order valence-corrected chi connectivity index (χ2v) is 10.7. The number of hydrogen-bond donors (Lipinski definition) is 1. The number of alkyl halides is 1. The van der Waals surface area contributed by atoms with Gasteiger partial charge in [-0.25, -0.2) is 4.79 Å². The van der Waals surface area contributed by atoms with E-state index in [4.69, 9.17) is 9.47 Å². The Morgan fingerprint density at radius 2 is 2.14 bits per heavy atom. The van der Waals surface area contributed by atoms with E-state index in [9.17, 15) is 24.5 Å². The molecule has 188 valence electrons. The Labute approximate surface area is 217 Å². The molecule has 0 bridgehead atoms. The van der Waals surface area contributed by atoms with E-state index in [-0.39, 0.29) is 18.0 Å². The summed E-state index contributed by atoms with van der Waals surface area (Å²) in [5.74, 6) is -1.72. The summed E-state index contributed by atoms with van der Waals surface area (Å²) in [7, 11) is 0. The highest BCUT2D eigenvalue weighted by atomic mass is 79.9. The smallest absolute Gasteiger partial charge is 0.355 e. The minimum Gasteiger partial charge on any atom is -0.456 e. The predicted molar refractivity (Wildman–Crippen MR) is 129 cm³/mol. The van der Waals surface area contributed by atoms with Gasteiger partial charge in [0.05, 0.1) is 17.2 Å². The zero-order valence-electron chi connectivity index (χ0n) is 18.9. The number of amides is 1. The quantitative estimate of drug-likeness (QED) is 0.171. The second-order valence-electron chi connectivity index (χ2n) is 8.38. The third-order valence-electron chi connectivity index (χ3n) is 6.06. The molecule has 1 saturated heterocycles. The van der Waals surface area contributed by atoms with Gasteiger partial charge in [-0.15, -0.1) is 11.8 Å². The van der Waals surface area contributed by atoms with E-state index in [1.807, 2.05) is 10.7 Å². The number of thioether (sulfide) groups is 1. The van der Waals surface area contributed by atoms with E-state index >= 15 is 0 Å². The largest absolute Gasteiger partial charge is 0.456 e. The van der Waals surface area contributed by atoms with E-state index in [1.54, 1.807) is 0 Å². The van der Waals surface area contributed by atoms with Crippen LogP contribution in [0.2, 0.25) is 0 Å². The van der Waals surface area contributed by atoms with Crippen molar-refractivity contribution in [3.05, 3.63) is 68.5 Å². The number of fused-ring (bicyclic) bond motifs is 2. The van der Waals surface area contributed by atoms with Crippen molar-refractivity contribution in [3.63, 3.8) is 0 Å². The van der Waals surface area contributed by atoms with Gasteiger partial charge in [0.2, 0.25) is 0 Å². The fraction of sp³-hybridized carbons (Fsp3) is 0.364. The Kier molecular flexibility index (Phi) is 6.34. The predicted octanol–water partition coefficient (Wildman–Crippen LogP) is 2.13. The maximum absolute atomic E-state index is 13.4. The van der Waals surface area contributed by atoms with Crippen molar-refractivity contribution in [2.24, 2.45) is 0 Å². The summed E-state index contributed by atoms with van der Waals surface area (Å²) in [4.78, 5) is 49.7. The first-order chi connectivity index (χ1) is 17.2. The second kappa shape index (κ2) is 9.33. The van der Waals surface area contributed by atoms with Crippen molar-refractivity contribution in [2.75, 3.05) is 6.54 Å². The number of halogens is 1. The Hall–Kier alpha value is -3.23. The number of β-lactam (4-membered cyclic amide) rings is 1. The molecule has 36 heavy (non-hydrogen) atoms. The lowest BCUT2D eigenvalue weighted by Gasteiger charge is -2.51. The molecule has 0 aliphatic carbocycles. The summed E-state index contributed by atoms with van der Waals surface area (Å²) >= 11 is 4.77. The van der Waals surface area contributed by atoms with Crippen molar-refractivity contribution >= 4 is 51.2 Å². The number of nitrogens with zero attached hydrogens (tertiary/aromatic N) is 4. The Balaban J connectivity index is 1.30. The molecule has 0 radical (unpaired) electrons. The summed E-state index contributed by atoms with van der Waals surface area (Å²) < 4.78 is 11.4. The number of esters is 2. The molecule has 1 aromatic heterocycles. The molecule has 0 spiro atoms. The number of carbonyl (C=O) groups excluding carboxylic acids is 3. The highest BCUT2D eigenvalue weighted by molar-refractivity contribution is 9.10. The number of non-ortho nitro benzene ring substituents is 1. The van der Waals surface area contributed by atoms with Crippen molar-refractivity contribution in [2.45, 2.75) is 42.4 Å². The van der Waals surface area contributed by atoms with Crippen molar-refractivity contribution < 1.29 is 28.8 Å². The molecule has 2 aromatic rings. The normalized spacial score (nSPS) is 23.2. The first-order valence-corrected chi connectivity index (χ1v) is 12.7. The summed E-state index contributed by atoms with van der Waals surface area (Å²) in [5, 5.41) is 19.6. The van der Waals surface area contributed by atoms with Gasteiger partial charge in [-0.05, 0) is 23.8 Å². The van der Waals surface area contributed by atoms with E-state index in [0.29, 0.717) is 24.3 Å². The molecule has 1 amide bonds. The monoisotopic (exact) mass is 577 g/mol. The van der Waals surface area contributed by atoms with Crippen molar-refractivity contribution in [1.82, 2.24) is 20.0 Å². The number of aromatic nitrogens is 2. The van der Waals surface area contributed by atoms with Crippen LogP contribution >= 0.6 is 27.7 Å². The highest BCUT2D eigenvalue weighted by Gasteiger charge is 2.69. The number of ether oxygens (including phenoxy) is 2. The number of carbonyl (C=O) groups is 3. The molecule has 0 saturated carbocycles. The molecule has 3 aliphatic rings. The lowest BCUT2D eigenvalue weighted by Crippen LogP contribution is -2.70. The van der Waals surface area contributed by atoms with Gasteiger partial charge in [0.25, 0.3) is 11.6 Å². The van der Waals surface area contributed by atoms with E-state index in [0.717, 1.165) is 12.2 Å². The van der Waals surface area contributed by atoms with Crippen LogP contribution in [0, 0.1) is 10.1 Å². The Morgan fingerprint density at radius 3 is 2.81 bits per heavy atom. The van der Waals surface area contributed by atoms with Gasteiger partial charge in [0.15, 0.2) is 10.4 Å². The first-order valence-electron chi connectivity index (χ1n) is 10.9. The third kappa shape index (κ3) is 4.08. The fourth-order valence-electron chi connectivity index (χ4n) is 4.30. The average molecular weight is 578 g/mol. The zero-order valence-corrected chi connectivity index (χ0v) is 21.3. The van der Waals surface area contributed by atoms with Crippen molar-refractivity contribution in [1.29, 1.82) is 0 Å². The summed E-state index contributed by atoms with van der Waals surface area (Å²) in [6, 6.07) is 7.44. The van der Waals surface area contributed by atoms with Crippen LogP contribution in [-0.2, 0) is 43.6 Å². The van der Waals surface area contributed by atoms with Crippen LogP contribution < -0.4 is 5.32 Å². The summed E-state index contributed by atoms with van der Waals surface area (Å²) in [6.45, 7) is 3.17. The number of nitrogens with one attached hydrogen (secondary N) is 1. The standard InChI is InChI=1S/C22H20BrN5O7S/c1-12(29)35-18(16-8-15-9-24-6-7-26(15)25-16)22(23)20(31)27-17(11-36-21(22)27)19(30)34-10-13-2-4-14(5-3-13)28(32)33/h2-5,8,11,18,21,24H,6-7,9-10H2,1H3/t18?,21-,22?/m1/s1. The van der Waals surface area contributed by atoms with Gasteiger partial charge >= 0.3 is 11.9 Å². The molecule has 1 fully saturated rings. The van der Waals surface area contributed by atoms with Gasteiger partial charge in [0.1, 0.15) is 23.4 Å². The van der Waals surface area contributed by atoms with Crippen LogP contribution in [0.3, 0.4) is 0 Å². The van der Waals surface area contributed by atoms with Crippen molar-refractivity contribution in [3.8, 4) is 0 Å². The maximum Gasteiger partial charge on any atom is 0.355 e. The maximum atomic E-state index is 13.4. The molecule has 1 N–H and O–H groups in total. The summed E-state index contributed by atoms with van der Waals surface area (Å²) in [5.41, 5.74) is 1.93. The topological polar surface area (TPSA) is 146 Å². The number of nitro benzene ring substituents is 1. The molecule has 2 unspecified atom stereocenters. The zero-order chi connectivity index (χ0) is 25.6. The van der Waals surface area contributed by atoms with Crippen LogP contribution in [0.1, 0.15) is 30.0 Å². The van der Waals surface area contributed by atoms with Gasteiger partial charge in [-0.3, -0.25) is 29.3 Å². The molecule has 4 heterocycles. The van der Waals surface area contributed by atoms with Gasteiger partial charge < -0.3 is 14.8 Å². The first kappa shape index (κ1) is 24.5. The third-order valence-corrected chi connectivity index (χ3v) is 8.75. The minimum absolute atomic E-state index is 0.0696. The molecule has 5 rings (SSSR count). The molecule has 3 atom stereocenters. The van der Waals surface area contributed by atoms with Gasteiger partial charge in [0, 0.05) is 37.6 Å². The lowest BCUT2D eigenvalue weighted by atomic mass is 9.88. The minimum atomic E-state index is -1.32. The molecule has 3 aliphatic heterocycles. The Morgan fingerprint density at radius 1 is 1.39 bits per heavy atom. The number of hydrogen-bond acceptors (Lipinski definition) is 10. The number of benzene rings is 1. The molecule has 12 nitrogen and oxygen atoms in total. The van der Waals surface area contributed by atoms with Crippen LogP contribution in [0.25, 0.3) is 0 Å². The SMILES string of the molecule is CC(=O)OC(c1cc2n(n1)CCNC2)C1(Br)C(=O)N2C(C(=O)OCc3ccc([N+](=O)[O-])cc3)=CS[C@@H]21. The van der Waals surface area contributed by atoms with Crippen LogP contribution in [-0.4, -0.2) is 53.7 Å². The molecule has 14 heteroatoms. The van der Waals surface area contributed by atoms with Crippen LogP contribution in [0.4, 0.5) is 5.69 Å². The van der Waals surface area contributed by atoms with Crippen LogP contribution in [0.5, 0.6) is 0 Å². The molecular weight excluding hydrogens is 558 g/mol. The number of rotatable bonds is 7. The van der Waals surface area contributed by atoms with Gasteiger partial charge in [-0.2, -0.15) is 5.10 Å². The van der Waals surface area contributed by atoms with E-state index < -0.39 is 38.6 Å². The Bertz CT molecular complexity index is 1270. The highest BCUT2D eigenvalue weighted by Crippen LogP contribution is 2.58. The van der Waals surface area contributed by atoms with Crippen LogP contribution in [0.15, 0.2) is 41.4 Å². The van der Waals surface area contributed by atoms with E-state index in [2.05, 4.69) is 26.3 Å². The fourth-order valence-corrected chi connectivity index (χ4v) is 6.56. The molecule has 1 aromatic carbocycles. The van der Waals surface area contributed by atoms with Gasteiger partial charge in [-0.1, -0.05) is 15.9 Å². The summed E-state index contributed by atoms with van der Waals surface area (Å²) in [6.07, 6.45) is -1.00. The number of nitro groups is 1. The van der Waals surface area contributed by atoms with E-state index in [1.165, 1.54) is 53.3 Å². The average Bonchev–Trinajstić information content (AvgIpc) is 3.48. The lowest BCUT2D eigenvalue weighted by molar-refractivity contribution is -0.384.